The van der Waals surface area contributed by atoms with Crippen molar-refractivity contribution in [3.63, 3.8) is 0 Å². The molecule has 0 saturated heterocycles. The number of rotatable bonds is 3. The van der Waals surface area contributed by atoms with Crippen LogP contribution in [-0.2, 0) is 23.9 Å². The minimum atomic E-state index is -1.04. The molecular weight excluding hydrogens is 300 g/mol. The van der Waals surface area contributed by atoms with Crippen molar-refractivity contribution in [3.8, 4) is 0 Å². The van der Waals surface area contributed by atoms with Gasteiger partial charge in [0, 0.05) is 6.54 Å². The monoisotopic (exact) mass is 324 g/mol. The van der Waals surface area contributed by atoms with Gasteiger partial charge in [0.1, 0.15) is 17.2 Å². The Morgan fingerprint density at radius 3 is 1.81 bits per heavy atom. The lowest BCUT2D eigenvalue weighted by atomic mass is 10.2. The van der Waals surface area contributed by atoms with E-state index in [9.17, 15) is 14.4 Å². The van der Waals surface area contributed by atoms with Gasteiger partial charge in [0.2, 0.25) is 0 Å². The molecule has 124 valence electrons. The Kier molecular flexibility index (Phi) is 8.56. The molecule has 0 aromatic rings. The third kappa shape index (κ3) is 11.0. The lowest BCUT2D eigenvalue weighted by Gasteiger charge is -2.22. The molecule has 0 aliphatic rings. The van der Waals surface area contributed by atoms with Crippen LogP contribution in [0.3, 0.4) is 0 Å². The summed E-state index contributed by atoms with van der Waals surface area (Å²) in [5, 5.41) is 2.23. The molecule has 8 heteroatoms. The number of hydrogen-bond acceptors (Lipinski definition) is 6. The summed E-state index contributed by atoms with van der Waals surface area (Å²) in [4.78, 5) is 34.4. The maximum atomic E-state index is 11.6. The summed E-state index contributed by atoms with van der Waals surface area (Å²) in [7, 11) is 0. The van der Waals surface area contributed by atoms with E-state index in [-0.39, 0.29) is 19.0 Å². The first kappa shape index (κ1) is 21.9. The number of amides is 1. The molecule has 0 heterocycles. The Labute approximate surface area is 131 Å². The van der Waals surface area contributed by atoms with E-state index in [2.05, 4.69) is 5.32 Å². The maximum Gasteiger partial charge on any atom is 0.397 e. The highest BCUT2D eigenvalue weighted by molar-refractivity contribution is 6.32. The summed E-state index contributed by atoms with van der Waals surface area (Å²) in [5.41, 5.74) is 4.13. The molecule has 0 aliphatic heterocycles. The van der Waals surface area contributed by atoms with E-state index in [4.69, 9.17) is 15.2 Å². The van der Waals surface area contributed by atoms with Crippen LogP contribution in [0.15, 0.2) is 0 Å². The summed E-state index contributed by atoms with van der Waals surface area (Å²) in [6.07, 6.45) is 0. The smallest absolute Gasteiger partial charge is 0.397 e. The van der Waals surface area contributed by atoms with Crippen molar-refractivity contribution in [2.24, 2.45) is 5.73 Å². The highest BCUT2D eigenvalue weighted by atomic mass is 35.5. The molecule has 0 bridgehead atoms. The van der Waals surface area contributed by atoms with Gasteiger partial charge >= 0.3 is 17.8 Å². The molecule has 0 spiro atoms. The van der Waals surface area contributed by atoms with E-state index in [1.165, 1.54) is 0 Å². The van der Waals surface area contributed by atoms with E-state index in [1.807, 2.05) is 0 Å². The summed E-state index contributed by atoms with van der Waals surface area (Å²) in [6.45, 7) is 9.84. The van der Waals surface area contributed by atoms with Crippen LogP contribution in [0, 0.1) is 0 Å². The van der Waals surface area contributed by atoms with Crippen molar-refractivity contribution in [3.05, 3.63) is 0 Å². The zero-order valence-corrected chi connectivity index (χ0v) is 14.1. The fourth-order valence-corrected chi connectivity index (χ4v) is 1.06. The van der Waals surface area contributed by atoms with Crippen LogP contribution >= 0.6 is 12.4 Å². The third-order valence-electron chi connectivity index (χ3n) is 1.78. The average molecular weight is 325 g/mol. The first-order valence-electron chi connectivity index (χ1n) is 6.31. The van der Waals surface area contributed by atoms with Gasteiger partial charge < -0.3 is 20.5 Å². The van der Waals surface area contributed by atoms with E-state index < -0.39 is 35.1 Å². The van der Waals surface area contributed by atoms with Crippen LogP contribution in [0.4, 0.5) is 0 Å². The van der Waals surface area contributed by atoms with Crippen LogP contribution in [0.5, 0.6) is 0 Å². The highest BCUT2D eigenvalue weighted by Gasteiger charge is 2.26. The number of nitrogens with one attached hydrogen (secondary N) is 1. The molecule has 0 saturated carbocycles. The number of halogens is 1. The molecule has 0 aliphatic carbocycles. The van der Waals surface area contributed by atoms with Gasteiger partial charge in [-0.1, -0.05) is 0 Å². The zero-order chi connectivity index (χ0) is 16.1. The SMILES string of the molecule is CC(C)(C)OC(=O)C(=O)NC[C@H](N)C(=O)OC(C)(C)C.Cl. The Morgan fingerprint density at radius 2 is 1.43 bits per heavy atom. The van der Waals surface area contributed by atoms with Crippen molar-refractivity contribution >= 4 is 30.3 Å². The molecule has 7 nitrogen and oxygen atoms in total. The van der Waals surface area contributed by atoms with Crippen molar-refractivity contribution in [1.29, 1.82) is 0 Å². The van der Waals surface area contributed by atoms with Crippen LogP contribution in [0.2, 0.25) is 0 Å². The predicted molar refractivity (Wildman–Crippen MR) is 79.9 cm³/mol. The number of hydrogen-bond donors (Lipinski definition) is 2. The molecule has 0 fully saturated rings. The maximum absolute atomic E-state index is 11.6. The Balaban J connectivity index is 0. The minimum Gasteiger partial charge on any atom is -0.459 e. The Morgan fingerprint density at radius 1 is 1.00 bits per heavy atom. The highest BCUT2D eigenvalue weighted by Crippen LogP contribution is 2.08. The Hall–Kier alpha value is -1.34. The molecule has 1 amide bonds. The summed E-state index contributed by atoms with van der Waals surface area (Å²) < 4.78 is 9.91. The number of carbonyl (C=O) groups excluding carboxylic acids is 3. The molecular formula is C13H25ClN2O5. The van der Waals surface area contributed by atoms with Gasteiger partial charge in [-0.2, -0.15) is 0 Å². The quantitative estimate of drug-likeness (QED) is 0.579. The number of ether oxygens (including phenoxy) is 2. The van der Waals surface area contributed by atoms with Crippen LogP contribution in [-0.4, -0.2) is 41.6 Å². The molecule has 0 rings (SSSR count). The van der Waals surface area contributed by atoms with Crippen molar-refractivity contribution < 1.29 is 23.9 Å². The fraction of sp³-hybridized carbons (Fsp3) is 0.769. The number of nitrogens with two attached hydrogens (primary N) is 1. The molecule has 0 unspecified atom stereocenters. The zero-order valence-electron chi connectivity index (χ0n) is 13.3. The van der Waals surface area contributed by atoms with Gasteiger partial charge in [-0.3, -0.25) is 9.59 Å². The van der Waals surface area contributed by atoms with Crippen molar-refractivity contribution in [2.75, 3.05) is 6.54 Å². The molecule has 0 aromatic carbocycles. The van der Waals surface area contributed by atoms with Crippen molar-refractivity contribution in [2.45, 2.75) is 58.8 Å². The number of carbonyl (C=O) groups is 3. The number of esters is 2. The molecule has 0 aromatic heterocycles. The van der Waals surface area contributed by atoms with Gasteiger partial charge in [-0.15, -0.1) is 12.4 Å². The second-order valence-corrected chi connectivity index (χ2v) is 6.35. The lowest BCUT2D eigenvalue weighted by Crippen LogP contribution is -2.47. The van der Waals surface area contributed by atoms with Gasteiger partial charge in [0.25, 0.3) is 0 Å². The molecule has 1 atom stereocenters. The van der Waals surface area contributed by atoms with Gasteiger partial charge in [-0.05, 0) is 41.5 Å². The summed E-state index contributed by atoms with van der Waals surface area (Å²) in [5.74, 6) is -2.62. The molecule has 3 N–H and O–H groups in total. The van der Waals surface area contributed by atoms with E-state index >= 15 is 0 Å². The second-order valence-electron chi connectivity index (χ2n) is 6.35. The first-order valence-corrected chi connectivity index (χ1v) is 6.31. The van der Waals surface area contributed by atoms with E-state index in [0.717, 1.165) is 0 Å². The van der Waals surface area contributed by atoms with Crippen LogP contribution in [0.25, 0.3) is 0 Å². The van der Waals surface area contributed by atoms with Gasteiger partial charge in [0.05, 0.1) is 0 Å². The average Bonchev–Trinajstić information content (AvgIpc) is 2.20. The van der Waals surface area contributed by atoms with Gasteiger partial charge in [-0.25, -0.2) is 4.79 Å². The molecule has 21 heavy (non-hydrogen) atoms. The largest absolute Gasteiger partial charge is 0.459 e. The second kappa shape index (κ2) is 8.19. The standard InChI is InChI=1S/C13H24N2O5.ClH/c1-12(2,3)19-10(17)8(14)7-15-9(16)11(18)20-13(4,5)6;/h8H,7,14H2,1-6H3,(H,15,16);1H/t8-;/m0./s1. The Bertz CT molecular complexity index is 385. The van der Waals surface area contributed by atoms with E-state index in [1.54, 1.807) is 41.5 Å². The predicted octanol–water partition coefficient (Wildman–Crippen LogP) is 0.535. The molecule has 0 radical (unpaired) electrons. The topological polar surface area (TPSA) is 108 Å². The third-order valence-corrected chi connectivity index (χ3v) is 1.78. The van der Waals surface area contributed by atoms with Crippen molar-refractivity contribution in [1.82, 2.24) is 5.32 Å². The minimum absolute atomic E-state index is 0. The lowest BCUT2D eigenvalue weighted by molar-refractivity contribution is -0.164. The van der Waals surface area contributed by atoms with E-state index in [0.29, 0.717) is 0 Å². The summed E-state index contributed by atoms with van der Waals surface area (Å²) in [6, 6.07) is -1.04. The fourth-order valence-electron chi connectivity index (χ4n) is 1.06. The van der Waals surface area contributed by atoms with Crippen LogP contribution in [0.1, 0.15) is 41.5 Å². The van der Waals surface area contributed by atoms with Gasteiger partial charge in [0.15, 0.2) is 0 Å². The first-order chi connectivity index (χ1) is 8.82. The van der Waals surface area contributed by atoms with Crippen LogP contribution < -0.4 is 11.1 Å². The normalized spacial score (nSPS) is 12.7. The summed E-state index contributed by atoms with van der Waals surface area (Å²) >= 11 is 0.